The van der Waals surface area contributed by atoms with E-state index in [1.807, 2.05) is 0 Å². The molecule has 0 aliphatic heterocycles. The summed E-state index contributed by atoms with van der Waals surface area (Å²) in [6, 6.07) is 8.47. The second-order valence-electron chi connectivity index (χ2n) is 3.84. The van der Waals surface area contributed by atoms with Gasteiger partial charge in [-0.1, -0.05) is 6.07 Å². The maximum absolute atomic E-state index is 10.9. The molecule has 1 aromatic heterocycles. The fourth-order valence-electron chi connectivity index (χ4n) is 1.50. The lowest BCUT2D eigenvalue weighted by Gasteiger charge is -2.01. The largest absolute Gasteiger partial charge is 0.301 e. The zero-order valence-electron chi connectivity index (χ0n) is 10.5. The van der Waals surface area contributed by atoms with Crippen LogP contribution in [0.1, 0.15) is 5.69 Å². The van der Waals surface area contributed by atoms with Gasteiger partial charge in [0, 0.05) is 12.3 Å². The van der Waals surface area contributed by atoms with Gasteiger partial charge in [0.1, 0.15) is 5.69 Å². The first kappa shape index (κ1) is 14.1. The molecular formula is C12H9N5O4. The summed E-state index contributed by atoms with van der Waals surface area (Å²) in [7, 11) is 0. The molecule has 1 heterocycles. The molecule has 0 atom stereocenters. The van der Waals surface area contributed by atoms with Crippen molar-refractivity contribution in [1.82, 2.24) is 4.98 Å². The number of nitro benzene ring substituents is 2. The Balaban J connectivity index is 2.22. The molecule has 0 amide bonds. The molecule has 0 bridgehead atoms. The number of nitro groups is 2. The highest BCUT2D eigenvalue weighted by Gasteiger charge is 2.18. The standard InChI is InChI=1S/C12H9N5O4/c18-16(19)10-4-5-11(12(7-10)17(20)21)15-14-8-9-3-1-2-6-13-9/h1-8,15H. The van der Waals surface area contributed by atoms with Crippen molar-refractivity contribution in [3.8, 4) is 0 Å². The maximum atomic E-state index is 10.9. The van der Waals surface area contributed by atoms with E-state index in [4.69, 9.17) is 0 Å². The first-order valence-corrected chi connectivity index (χ1v) is 5.71. The maximum Gasteiger partial charge on any atom is 0.301 e. The second-order valence-corrected chi connectivity index (χ2v) is 3.84. The van der Waals surface area contributed by atoms with Crippen LogP contribution in [0.15, 0.2) is 47.7 Å². The average molecular weight is 287 g/mol. The Morgan fingerprint density at radius 2 is 1.95 bits per heavy atom. The number of hydrogen-bond donors (Lipinski definition) is 1. The van der Waals surface area contributed by atoms with Gasteiger partial charge in [0.15, 0.2) is 0 Å². The molecule has 0 spiro atoms. The molecule has 0 radical (unpaired) electrons. The van der Waals surface area contributed by atoms with Gasteiger partial charge in [0.05, 0.1) is 27.8 Å². The van der Waals surface area contributed by atoms with Crippen molar-refractivity contribution in [1.29, 1.82) is 0 Å². The Kier molecular flexibility index (Phi) is 4.14. The summed E-state index contributed by atoms with van der Waals surface area (Å²) in [6.45, 7) is 0. The van der Waals surface area contributed by atoms with Crippen molar-refractivity contribution in [3.05, 3.63) is 68.5 Å². The minimum Gasteiger partial charge on any atom is -0.272 e. The predicted octanol–water partition coefficient (Wildman–Crippen LogP) is 2.34. The summed E-state index contributed by atoms with van der Waals surface area (Å²) in [5.74, 6) is 0. The number of anilines is 1. The molecule has 2 rings (SSSR count). The molecule has 0 fully saturated rings. The molecular weight excluding hydrogens is 278 g/mol. The van der Waals surface area contributed by atoms with Crippen molar-refractivity contribution in [3.63, 3.8) is 0 Å². The van der Waals surface area contributed by atoms with Gasteiger partial charge in [-0.2, -0.15) is 5.10 Å². The van der Waals surface area contributed by atoms with E-state index in [-0.39, 0.29) is 11.4 Å². The van der Waals surface area contributed by atoms with Crippen LogP contribution in [0.25, 0.3) is 0 Å². The molecule has 1 N–H and O–H groups in total. The first-order chi connectivity index (χ1) is 10.1. The van der Waals surface area contributed by atoms with Crippen LogP contribution < -0.4 is 5.43 Å². The molecule has 0 saturated heterocycles. The Labute approximate surface area is 118 Å². The molecule has 1 aromatic carbocycles. The third kappa shape index (κ3) is 3.56. The van der Waals surface area contributed by atoms with E-state index in [2.05, 4.69) is 15.5 Å². The third-order valence-electron chi connectivity index (χ3n) is 2.46. The highest BCUT2D eigenvalue weighted by Crippen LogP contribution is 2.28. The number of hydrogen-bond acceptors (Lipinski definition) is 7. The quantitative estimate of drug-likeness (QED) is 0.511. The van der Waals surface area contributed by atoms with Gasteiger partial charge in [0.2, 0.25) is 0 Å². The molecule has 0 saturated carbocycles. The van der Waals surface area contributed by atoms with Gasteiger partial charge in [-0.15, -0.1) is 0 Å². The number of non-ortho nitro benzene ring substituents is 1. The molecule has 0 aliphatic carbocycles. The summed E-state index contributed by atoms with van der Waals surface area (Å²) < 4.78 is 0. The van der Waals surface area contributed by atoms with Crippen molar-refractivity contribution in [2.75, 3.05) is 5.43 Å². The number of hydrazone groups is 1. The monoisotopic (exact) mass is 287 g/mol. The predicted molar refractivity (Wildman–Crippen MR) is 75.2 cm³/mol. The molecule has 0 unspecified atom stereocenters. The van der Waals surface area contributed by atoms with Crippen molar-refractivity contribution in [2.45, 2.75) is 0 Å². The minimum atomic E-state index is -0.717. The molecule has 0 aliphatic rings. The van der Waals surface area contributed by atoms with Gasteiger partial charge in [-0.25, -0.2) is 0 Å². The number of pyridine rings is 1. The Bertz CT molecular complexity index is 702. The molecule has 106 valence electrons. The van der Waals surface area contributed by atoms with Crippen LogP contribution >= 0.6 is 0 Å². The lowest BCUT2D eigenvalue weighted by Crippen LogP contribution is -1.99. The zero-order valence-corrected chi connectivity index (χ0v) is 10.5. The molecule has 9 heteroatoms. The minimum absolute atomic E-state index is 0.0535. The Morgan fingerprint density at radius 1 is 1.14 bits per heavy atom. The van der Waals surface area contributed by atoms with E-state index in [1.165, 1.54) is 12.3 Å². The van der Waals surface area contributed by atoms with Crippen molar-refractivity contribution < 1.29 is 9.85 Å². The fourth-order valence-corrected chi connectivity index (χ4v) is 1.50. The topological polar surface area (TPSA) is 124 Å². The van der Waals surface area contributed by atoms with E-state index in [0.717, 1.165) is 12.1 Å². The smallest absolute Gasteiger partial charge is 0.272 e. The highest BCUT2D eigenvalue weighted by atomic mass is 16.6. The average Bonchev–Trinajstić information content (AvgIpc) is 2.48. The second kappa shape index (κ2) is 6.19. The fraction of sp³-hybridized carbons (Fsp3) is 0. The zero-order chi connectivity index (χ0) is 15.2. The van der Waals surface area contributed by atoms with E-state index in [0.29, 0.717) is 5.69 Å². The van der Waals surface area contributed by atoms with Crippen molar-refractivity contribution >= 4 is 23.3 Å². The third-order valence-corrected chi connectivity index (χ3v) is 2.46. The summed E-state index contributed by atoms with van der Waals surface area (Å²) in [5, 5.41) is 25.3. The normalized spacial score (nSPS) is 10.5. The summed E-state index contributed by atoms with van der Waals surface area (Å²) in [5.41, 5.74) is 2.30. The van der Waals surface area contributed by atoms with Crippen LogP contribution in [-0.4, -0.2) is 21.0 Å². The van der Waals surface area contributed by atoms with E-state index < -0.39 is 15.5 Å². The molecule has 9 nitrogen and oxygen atoms in total. The van der Waals surface area contributed by atoms with E-state index in [1.54, 1.807) is 24.4 Å². The van der Waals surface area contributed by atoms with Crippen LogP contribution in [-0.2, 0) is 0 Å². The molecule has 2 aromatic rings. The summed E-state index contributed by atoms with van der Waals surface area (Å²) in [6.07, 6.45) is 2.96. The first-order valence-electron chi connectivity index (χ1n) is 5.71. The van der Waals surface area contributed by atoms with Gasteiger partial charge in [0.25, 0.3) is 5.69 Å². The number of aromatic nitrogens is 1. The van der Waals surface area contributed by atoms with Gasteiger partial charge in [-0.05, 0) is 18.2 Å². The number of nitrogens with zero attached hydrogens (tertiary/aromatic N) is 4. The van der Waals surface area contributed by atoms with Crippen LogP contribution in [0, 0.1) is 20.2 Å². The van der Waals surface area contributed by atoms with Gasteiger partial charge < -0.3 is 0 Å². The number of benzene rings is 1. The molecule has 21 heavy (non-hydrogen) atoms. The highest BCUT2D eigenvalue weighted by molar-refractivity contribution is 5.78. The summed E-state index contributed by atoms with van der Waals surface area (Å²) >= 11 is 0. The number of nitrogens with one attached hydrogen (secondary N) is 1. The Morgan fingerprint density at radius 3 is 2.57 bits per heavy atom. The van der Waals surface area contributed by atoms with E-state index >= 15 is 0 Å². The van der Waals surface area contributed by atoms with Crippen LogP contribution in [0.5, 0.6) is 0 Å². The van der Waals surface area contributed by atoms with Crippen LogP contribution in [0.3, 0.4) is 0 Å². The van der Waals surface area contributed by atoms with Gasteiger partial charge in [-0.3, -0.25) is 30.6 Å². The lowest BCUT2D eigenvalue weighted by molar-refractivity contribution is -0.393. The van der Waals surface area contributed by atoms with Crippen molar-refractivity contribution in [2.24, 2.45) is 5.10 Å². The number of rotatable bonds is 5. The van der Waals surface area contributed by atoms with E-state index in [9.17, 15) is 20.2 Å². The van der Waals surface area contributed by atoms with Crippen LogP contribution in [0.2, 0.25) is 0 Å². The van der Waals surface area contributed by atoms with Gasteiger partial charge >= 0.3 is 5.69 Å². The SMILES string of the molecule is O=[N+]([O-])c1ccc(NN=Cc2ccccn2)c([N+](=O)[O-])c1. The Hall–Kier alpha value is -3.36. The van der Waals surface area contributed by atoms with Crippen LogP contribution in [0.4, 0.5) is 17.1 Å². The summed E-state index contributed by atoms with van der Waals surface area (Å²) in [4.78, 5) is 24.1. The lowest BCUT2D eigenvalue weighted by atomic mass is 10.2.